The number of nitrogens with two attached hydrogens (primary N) is 1. The van der Waals surface area contributed by atoms with Gasteiger partial charge in [0.1, 0.15) is 5.82 Å². The molecule has 1 aromatic rings. The van der Waals surface area contributed by atoms with Gasteiger partial charge in [0.15, 0.2) is 0 Å². The van der Waals surface area contributed by atoms with E-state index in [4.69, 9.17) is 5.73 Å². The van der Waals surface area contributed by atoms with Crippen molar-refractivity contribution in [2.75, 3.05) is 18.4 Å². The molecule has 0 radical (unpaired) electrons. The topological polar surface area (TPSA) is 75.4 Å². The predicted octanol–water partition coefficient (Wildman–Crippen LogP) is 0.960. The highest BCUT2D eigenvalue weighted by Crippen LogP contribution is 2.16. The van der Waals surface area contributed by atoms with Crippen molar-refractivity contribution in [3.8, 4) is 0 Å². The number of piperidine rings is 1. The Kier molecular flexibility index (Phi) is 4.34. The molecule has 0 bridgehead atoms. The minimum atomic E-state index is -0.367. The van der Waals surface area contributed by atoms with E-state index < -0.39 is 0 Å². The molecule has 2 unspecified atom stereocenters. The summed E-state index contributed by atoms with van der Waals surface area (Å²) in [6.45, 7) is 2.28. The molecule has 20 heavy (non-hydrogen) atoms. The lowest BCUT2D eigenvalue weighted by Gasteiger charge is -2.34. The Labute approximate surface area is 116 Å². The van der Waals surface area contributed by atoms with Gasteiger partial charge in [-0.05, 0) is 30.2 Å². The van der Waals surface area contributed by atoms with Gasteiger partial charge in [0.25, 0.3) is 0 Å². The Morgan fingerprint density at radius 1 is 1.45 bits per heavy atom. The standard InChI is InChI=1S/C14H18FN3O2/c1-9-6-14(20)18(7-12(9)16)8-13(19)17-11-4-2-10(15)3-5-11/h2-5,9,12H,6-8,16H2,1H3,(H,17,19). The molecule has 2 rings (SSSR count). The Morgan fingerprint density at radius 2 is 2.10 bits per heavy atom. The molecule has 6 heteroatoms. The second-order valence-corrected chi connectivity index (χ2v) is 5.17. The summed E-state index contributed by atoms with van der Waals surface area (Å²) in [6.07, 6.45) is 0.366. The first-order chi connectivity index (χ1) is 9.45. The summed E-state index contributed by atoms with van der Waals surface area (Å²) in [7, 11) is 0. The third-order valence-electron chi connectivity index (χ3n) is 3.47. The summed E-state index contributed by atoms with van der Waals surface area (Å²) >= 11 is 0. The van der Waals surface area contributed by atoms with Crippen LogP contribution in [0.2, 0.25) is 0 Å². The highest BCUT2D eigenvalue weighted by Gasteiger charge is 2.30. The fourth-order valence-corrected chi connectivity index (χ4v) is 2.15. The first-order valence-electron chi connectivity index (χ1n) is 6.54. The van der Waals surface area contributed by atoms with Crippen LogP contribution in [0.3, 0.4) is 0 Å². The van der Waals surface area contributed by atoms with Gasteiger partial charge in [-0.15, -0.1) is 0 Å². The summed E-state index contributed by atoms with van der Waals surface area (Å²) in [4.78, 5) is 25.1. The molecule has 1 aliphatic rings. The Morgan fingerprint density at radius 3 is 2.75 bits per heavy atom. The van der Waals surface area contributed by atoms with Crippen LogP contribution in [0.4, 0.5) is 10.1 Å². The molecule has 5 nitrogen and oxygen atoms in total. The van der Waals surface area contributed by atoms with E-state index in [0.29, 0.717) is 18.7 Å². The molecular formula is C14H18FN3O2. The largest absolute Gasteiger partial charge is 0.332 e. The van der Waals surface area contributed by atoms with Crippen molar-refractivity contribution in [3.05, 3.63) is 30.1 Å². The van der Waals surface area contributed by atoms with E-state index in [2.05, 4.69) is 5.32 Å². The van der Waals surface area contributed by atoms with Crippen LogP contribution in [-0.4, -0.2) is 35.8 Å². The fraction of sp³-hybridized carbons (Fsp3) is 0.429. The maximum Gasteiger partial charge on any atom is 0.243 e. The van der Waals surface area contributed by atoms with Crippen molar-refractivity contribution in [2.24, 2.45) is 11.7 Å². The van der Waals surface area contributed by atoms with Crippen molar-refractivity contribution in [1.82, 2.24) is 4.90 Å². The van der Waals surface area contributed by atoms with E-state index in [9.17, 15) is 14.0 Å². The SMILES string of the molecule is CC1CC(=O)N(CC(=O)Nc2ccc(F)cc2)CC1N. The third kappa shape index (κ3) is 3.54. The summed E-state index contributed by atoms with van der Waals surface area (Å²) < 4.78 is 12.7. The van der Waals surface area contributed by atoms with Crippen LogP contribution in [0.15, 0.2) is 24.3 Å². The number of anilines is 1. The van der Waals surface area contributed by atoms with Crippen molar-refractivity contribution < 1.29 is 14.0 Å². The van der Waals surface area contributed by atoms with E-state index in [-0.39, 0.29) is 36.1 Å². The van der Waals surface area contributed by atoms with Gasteiger partial charge < -0.3 is 16.0 Å². The smallest absolute Gasteiger partial charge is 0.243 e. The van der Waals surface area contributed by atoms with Gasteiger partial charge in [-0.25, -0.2) is 4.39 Å². The zero-order chi connectivity index (χ0) is 14.7. The van der Waals surface area contributed by atoms with Crippen LogP contribution in [0.5, 0.6) is 0 Å². The number of nitrogens with one attached hydrogen (secondary N) is 1. The molecule has 2 atom stereocenters. The lowest BCUT2D eigenvalue weighted by molar-refractivity contribution is -0.138. The van der Waals surface area contributed by atoms with Crippen molar-refractivity contribution in [3.63, 3.8) is 0 Å². The van der Waals surface area contributed by atoms with Gasteiger partial charge in [0.2, 0.25) is 11.8 Å². The number of rotatable bonds is 3. The molecular weight excluding hydrogens is 261 g/mol. The van der Waals surface area contributed by atoms with Gasteiger partial charge in [0.05, 0.1) is 6.54 Å². The van der Waals surface area contributed by atoms with E-state index in [1.165, 1.54) is 29.2 Å². The van der Waals surface area contributed by atoms with Crippen LogP contribution >= 0.6 is 0 Å². The maximum atomic E-state index is 12.7. The number of nitrogens with zero attached hydrogens (tertiary/aromatic N) is 1. The average Bonchev–Trinajstić information content (AvgIpc) is 2.39. The van der Waals surface area contributed by atoms with Crippen molar-refractivity contribution in [2.45, 2.75) is 19.4 Å². The number of carbonyl (C=O) groups excluding carboxylic acids is 2. The molecule has 1 aromatic carbocycles. The highest BCUT2D eigenvalue weighted by atomic mass is 19.1. The van der Waals surface area contributed by atoms with Crippen LogP contribution in [0, 0.1) is 11.7 Å². The van der Waals surface area contributed by atoms with Crippen LogP contribution in [-0.2, 0) is 9.59 Å². The monoisotopic (exact) mass is 279 g/mol. The third-order valence-corrected chi connectivity index (χ3v) is 3.47. The van der Waals surface area contributed by atoms with Crippen LogP contribution in [0.25, 0.3) is 0 Å². The highest BCUT2D eigenvalue weighted by molar-refractivity contribution is 5.94. The zero-order valence-corrected chi connectivity index (χ0v) is 11.3. The maximum absolute atomic E-state index is 12.7. The van der Waals surface area contributed by atoms with Gasteiger partial charge >= 0.3 is 0 Å². The first kappa shape index (κ1) is 14.5. The number of likely N-dealkylation sites (tertiary alicyclic amines) is 1. The van der Waals surface area contributed by atoms with Gasteiger partial charge in [-0.1, -0.05) is 6.92 Å². The summed E-state index contributed by atoms with van der Waals surface area (Å²) in [6, 6.07) is 5.36. The van der Waals surface area contributed by atoms with E-state index in [1.54, 1.807) is 0 Å². The van der Waals surface area contributed by atoms with Crippen molar-refractivity contribution in [1.29, 1.82) is 0 Å². The zero-order valence-electron chi connectivity index (χ0n) is 11.3. The molecule has 3 N–H and O–H groups in total. The average molecular weight is 279 g/mol. The molecule has 1 aliphatic heterocycles. The molecule has 1 saturated heterocycles. The second kappa shape index (κ2) is 6.00. The molecule has 1 heterocycles. The number of benzene rings is 1. The van der Waals surface area contributed by atoms with E-state index in [0.717, 1.165) is 0 Å². The van der Waals surface area contributed by atoms with E-state index in [1.807, 2.05) is 6.92 Å². The number of hydrogen-bond acceptors (Lipinski definition) is 3. The Bertz CT molecular complexity index is 504. The number of halogens is 1. The molecule has 2 amide bonds. The summed E-state index contributed by atoms with van der Waals surface area (Å²) in [5.74, 6) is -0.603. The van der Waals surface area contributed by atoms with Crippen molar-refractivity contribution >= 4 is 17.5 Å². The lowest BCUT2D eigenvalue weighted by Crippen LogP contribution is -2.52. The Hall–Kier alpha value is -1.95. The number of carbonyl (C=O) groups is 2. The normalized spacial score (nSPS) is 22.8. The second-order valence-electron chi connectivity index (χ2n) is 5.17. The van der Waals surface area contributed by atoms with Crippen LogP contribution < -0.4 is 11.1 Å². The van der Waals surface area contributed by atoms with Gasteiger partial charge in [0, 0.05) is 24.7 Å². The number of hydrogen-bond donors (Lipinski definition) is 2. The summed E-state index contributed by atoms with van der Waals surface area (Å²) in [5, 5.41) is 2.62. The lowest BCUT2D eigenvalue weighted by atomic mass is 9.94. The molecule has 0 spiro atoms. The minimum Gasteiger partial charge on any atom is -0.332 e. The molecule has 1 fully saturated rings. The quantitative estimate of drug-likeness (QED) is 0.865. The van der Waals surface area contributed by atoms with Gasteiger partial charge in [-0.2, -0.15) is 0 Å². The summed E-state index contributed by atoms with van der Waals surface area (Å²) in [5.41, 5.74) is 6.41. The molecule has 0 aromatic heterocycles. The minimum absolute atomic E-state index is 0.0311. The molecule has 108 valence electrons. The molecule has 0 aliphatic carbocycles. The Balaban J connectivity index is 1.91. The van der Waals surface area contributed by atoms with Gasteiger partial charge in [-0.3, -0.25) is 9.59 Å². The molecule has 0 saturated carbocycles. The fourth-order valence-electron chi connectivity index (χ4n) is 2.15. The van der Waals surface area contributed by atoms with Crippen LogP contribution in [0.1, 0.15) is 13.3 Å². The van der Waals surface area contributed by atoms with E-state index >= 15 is 0 Å². The number of amides is 2. The predicted molar refractivity (Wildman–Crippen MR) is 73.4 cm³/mol. The first-order valence-corrected chi connectivity index (χ1v) is 6.54.